The van der Waals surface area contributed by atoms with Crippen molar-refractivity contribution in [3.8, 4) is 0 Å². The van der Waals surface area contributed by atoms with Crippen LogP contribution in [0.3, 0.4) is 0 Å². The normalized spacial score (nSPS) is 13.4. The number of esters is 1. The van der Waals surface area contributed by atoms with E-state index in [9.17, 15) is 41.4 Å². The molecular formula is C10H11F5NO5-. The largest absolute Gasteiger partial charge is 0.550 e. The van der Waals surface area contributed by atoms with E-state index in [0.29, 0.717) is 0 Å². The third-order valence-corrected chi connectivity index (χ3v) is 2.05. The predicted octanol–water partition coefficient (Wildman–Crippen LogP) is -0.238. The first-order valence-corrected chi connectivity index (χ1v) is 5.55. The fourth-order valence-corrected chi connectivity index (χ4v) is 1.04. The summed E-state index contributed by atoms with van der Waals surface area (Å²) >= 11 is 0. The molecule has 21 heavy (non-hydrogen) atoms. The molecule has 0 spiro atoms. The lowest BCUT2D eigenvalue weighted by Crippen LogP contribution is -2.55. The number of amides is 1. The lowest BCUT2D eigenvalue weighted by Gasteiger charge is -2.23. The number of carboxylic acid groups (broad SMARTS) is 1. The Kier molecular flexibility index (Phi) is 6.52. The van der Waals surface area contributed by atoms with Crippen LogP contribution in [0.4, 0.5) is 22.0 Å². The van der Waals surface area contributed by atoms with Gasteiger partial charge in [0.05, 0.1) is 6.61 Å². The second-order valence-electron chi connectivity index (χ2n) is 3.84. The first kappa shape index (κ1) is 19.1. The van der Waals surface area contributed by atoms with Crippen molar-refractivity contribution in [3.63, 3.8) is 0 Å². The molecule has 0 aliphatic heterocycles. The van der Waals surface area contributed by atoms with Gasteiger partial charge in [-0.2, -0.15) is 22.0 Å². The molecule has 0 radical (unpaired) electrons. The van der Waals surface area contributed by atoms with Crippen LogP contribution >= 0.6 is 0 Å². The molecule has 0 aliphatic rings. The fraction of sp³-hybridized carbons (Fsp3) is 0.700. The van der Waals surface area contributed by atoms with Crippen molar-refractivity contribution in [1.29, 1.82) is 0 Å². The van der Waals surface area contributed by atoms with Crippen molar-refractivity contribution in [2.45, 2.75) is 37.9 Å². The Hall–Kier alpha value is -1.94. The first-order valence-electron chi connectivity index (χ1n) is 5.55. The summed E-state index contributed by atoms with van der Waals surface area (Å²) in [6, 6.07) is -2.21. The maximum Gasteiger partial charge on any atom is 0.463 e. The second-order valence-corrected chi connectivity index (χ2v) is 3.84. The molecule has 0 heterocycles. The zero-order valence-corrected chi connectivity index (χ0v) is 10.6. The highest BCUT2D eigenvalue weighted by Gasteiger charge is 2.63. The minimum atomic E-state index is -6.18. The van der Waals surface area contributed by atoms with Crippen molar-refractivity contribution in [2.75, 3.05) is 6.61 Å². The van der Waals surface area contributed by atoms with Gasteiger partial charge in [-0.25, -0.2) is 4.79 Å². The van der Waals surface area contributed by atoms with Crippen LogP contribution in [0.1, 0.15) is 19.8 Å². The van der Waals surface area contributed by atoms with Gasteiger partial charge >= 0.3 is 24.0 Å². The van der Waals surface area contributed by atoms with Crippen LogP contribution in [0.15, 0.2) is 0 Å². The number of aliphatic carboxylic acids is 1. The molecule has 0 fully saturated rings. The molecule has 0 saturated carbocycles. The molecule has 0 rings (SSSR count). The van der Waals surface area contributed by atoms with Gasteiger partial charge in [0.2, 0.25) is 0 Å². The van der Waals surface area contributed by atoms with Crippen molar-refractivity contribution in [3.05, 3.63) is 0 Å². The number of hydrogen-bond acceptors (Lipinski definition) is 5. The smallest absolute Gasteiger partial charge is 0.463 e. The average Bonchev–Trinajstić information content (AvgIpc) is 2.32. The number of carbonyl (C=O) groups is 3. The summed E-state index contributed by atoms with van der Waals surface area (Å²) in [6.45, 7) is 1.32. The standard InChI is InChI=1S/C10H12F5NO5/c1-2-3-21-7(19)5(4-6(17)18)16-8(20)9(11,12)10(13,14)15/h5H,2-4H2,1H3,(H,16,20)(H,17,18)/p-1. The van der Waals surface area contributed by atoms with E-state index in [1.165, 1.54) is 0 Å². The van der Waals surface area contributed by atoms with Gasteiger partial charge < -0.3 is 20.0 Å². The summed E-state index contributed by atoms with van der Waals surface area (Å²) in [5, 5.41) is 11.3. The van der Waals surface area contributed by atoms with E-state index in [4.69, 9.17) is 0 Å². The van der Waals surface area contributed by atoms with Gasteiger partial charge in [-0.3, -0.25) is 4.79 Å². The highest BCUT2D eigenvalue weighted by molar-refractivity contribution is 5.90. The molecular weight excluding hydrogens is 309 g/mol. The van der Waals surface area contributed by atoms with Crippen LogP contribution in [-0.4, -0.2) is 42.6 Å². The molecule has 0 aromatic carbocycles. The summed E-state index contributed by atoms with van der Waals surface area (Å²) in [5.41, 5.74) is 0. The molecule has 1 N–H and O–H groups in total. The summed E-state index contributed by atoms with van der Waals surface area (Å²) in [5.74, 6) is -12.0. The zero-order chi connectivity index (χ0) is 16.8. The van der Waals surface area contributed by atoms with Crippen LogP contribution in [0.2, 0.25) is 0 Å². The van der Waals surface area contributed by atoms with E-state index in [0.717, 1.165) is 5.32 Å². The lowest BCUT2D eigenvalue weighted by atomic mass is 10.2. The Morgan fingerprint density at radius 1 is 1.19 bits per heavy atom. The maximum atomic E-state index is 12.7. The minimum Gasteiger partial charge on any atom is -0.550 e. The molecule has 0 bridgehead atoms. The van der Waals surface area contributed by atoms with Gasteiger partial charge in [-0.1, -0.05) is 6.92 Å². The quantitative estimate of drug-likeness (QED) is 0.516. The third kappa shape index (κ3) is 5.52. The third-order valence-electron chi connectivity index (χ3n) is 2.05. The highest BCUT2D eigenvalue weighted by atomic mass is 19.4. The summed E-state index contributed by atoms with van der Waals surface area (Å²) in [4.78, 5) is 32.5. The van der Waals surface area contributed by atoms with Gasteiger partial charge in [-0.05, 0) is 6.42 Å². The minimum absolute atomic E-state index is 0.228. The van der Waals surface area contributed by atoms with Crippen LogP contribution in [0.25, 0.3) is 0 Å². The van der Waals surface area contributed by atoms with Crippen LogP contribution in [-0.2, 0) is 19.1 Å². The van der Waals surface area contributed by atoms with Gasteiger partial charge in [0.1, 0.15) is 6.04 Å². The number of carbonyl (C=O) groups excluding carboxylic acids is 3. The molecule has 1 atom stereocenters. The first-order chi connectivity index (χ1) is 9.43. The Morgan fingerprint density at radius 2 is 1.71 bits per heavy atom. The van der Waals surface area contributed by atoms with Gasteiger partial charge in [-0.15, -0.1) is 0 Å². The Balaban J connectivity index is 5.01. The van der Waals surface area contributed by atoms with E-state index in [1.54, 1.807) is 6.92 Å². The molecule has 0 aliphatic carbocycles. The van der Waals surface area contributed by atoms with E-state index in [2.05, 4.69) is 4.74 Å². The van der Waals surface area contributed by atoms with Crippen LogP contribution in [0.5, 0.6) is 0 Å². The van der Waals surface area contributed by atoms with Gasteiger partial charge in [0, 0.05) is 12.4 Å². The number of hydrogen-bond donors (Lipinski definition) is 1. The molecule has 1 amide bonds. The molecule has 0 aromatic heterocycles. The average molecular weight is 320 g/mol. The van der Waals surface area contributed by atoms with Crippen molar-refractivity contribution >= 4 is 17.8 Å². The predicted molar refractivity (Wildman–Crippen MR) is 53.8 cm³/mol. The number of alkyl halides is 5. The van der Waals surface area contributed by atoms with E-state index in [-0.39, 0.29) is 13.0 Å². The number of nitrogens with one attached hydrogen (secondary N) is 1. The number of halogens is 5. The Labute approximate surface area is 115 Å². The topological polar surface area (TPSA) is 95.5 Å². The Bertz CT molecular complexity index is 409. The van der Waals surface area contributed by atoms with Crippen LogP contribution < -0.4 is 10.4 Å². The molecule has 0 saturated heterocycles. The fourth-order valence-electron chi connectivity index (χ4n) is 1.04. The molecule has 1 unspecified atom stereocenters. The van der Waals surface area contributed by atoms with Crippen molar-refractivity contribution in [1.82, 2.24) is 5.32 Å². The van der Waals surface area contributed by atoms with E-state index >= 15 is 0 Å². The van der Waals surface area contributed by atoms with Gasteiger partial charge in [0.25, 0.3) is 0 Å². The van der Waals surface area contributed by atoms with Crippen LogP contribution in [0, 0.1) is 0 Å². The van der Waals surface area contributed by atoms with E-state index in [1.807, 2.05) is 0 Å². The zero-order valence-electron chi connectivity index (χ0n) is 10.6. The SMILES string of the molecule is CCCOC(=O)C(CC(=O)[O-])NC(=O)C(F)(F)C(F)(F)F. The molecule has 122 valence electrons. The highest BCUT2D eigenvalue weighted by Crippen LogP contribution is 2.35. The molecule has 6 nitrogen and oxygen atoms in total. The number of ether oxygens (including phenoxy) is 1. The monoisotopic (exact) mass is 320 g/mol. The second kappa shape index (κ2) is 7.18. The maximum absolute atomic E-state index is 12.7. The summed E-state index contributed by atoms with van der Waals surface area (Å²) < 4.78 is 65.6. The van der Waals surface area contributed by atoms with Crippen molar-refractivity contribution < 1.29 is 46.2 Å². The van der Waals surface area contributed by atoms with E-state index < -0.39 is 42.4 Å². The Morgan fingerprint density at radius 3 is 2.10 bits per heavy atom. The number of carboxylic acids is 1. The lowest BCUT2D eigenvalue weighted by molar-refractivity contribution is -0.306. The molecule has 11 heteroatoms. The molecule has 0 aromatic rings. The van der Waals surface area contributed by atoms with Gasteiger partial charge in [0.15, 0.2) is 0 Å². The van der Waals surface area contributed by atoms with Crippen molar-refractivity contribution in [2.24, 2.45) is 0 Å². The number of rotatable bonds is 7. The summed E-state index contributed by atoms with van der Waals surface area (Å²) in [6.07, 6.45) is -7.20. The summed E-state index contributed by atoms with van der Waals surface area (Å²) in [7, 11) is 0.